The van der Waals surface area contributed by atoms with Crippen molar-refractivity contribution in [3.63, 3.8) is 0 Å². The van der Waals surface area contributed by atoms with Crippen LogP contribution in [0.4, 0.5) is 24.5 Å². The summed E-state index contributed by atoms with van der Waals surface area (Å²) in [6.45, 7) is 1.37. The molecule has 0 unspecified atom stereocenters. The van der Waals surface area contributed by atoms with Crippen LogP contribution in [-0.4, -0.2) is 29.7 Å². The molecule has 1 aliphatic rings. The highest BCUT2D eigenvalue weighted by Gasteiger charge is 2.32. The summed E-state index contributed by atoms with van der Waals surface area (Å²) in [7, 11) is 1.92. The Kier molecular flexibility index (Phi) is 5.64. The Morgan fingerprint density at radius 1 is 1.20 bits per heavy atom. The van der Waals surface area contributed by atoms with Crippen molar-refractivity contribution in [2.75, 3.05) is 29.1 Å². The minimum Gasteiger partial charge on any atom is -0.370 e. The Bertz CT molecular complexity index is 1070. The fraction of sp³-hybridized carbons (Fsp3) is 0.333. The molecule has 1 fully saturated rings. The Morgan fingerprint density at radius 3 is 2.63 bits per heavy atom. The quantitative estimate of drug-likeness (QED) is 0.463. The number of benzene rings is 2. The maximum atomic E-state index is 13.2. The maximum Gasteiger partial charge on any atom is 0.416 e. The van der Waals surface area contributed by atoms with Crippen LogP contribution < -0.4 is 14.8 Å². The molecule has 30 heavy (non-hydrogen) atoms. The largest absolute Gasteiger partial charge is 0.416 e. The molecule has 0 bridgehead atoms. The van der Waals surface area contributed by atoms with Crippen LogP contribution in [-0.2, 0) is 18.0 Å². The van der Waals surface area contributed by atoms with E-state index in [0.717, 1.165) is 41.2 Å². The number of nitrogens with one attached hydrogen (secondary N) is 2. The van der Waals surface area contributed by atoms with Crippen LogP contribution in [0.1, 0.15) is 18.4 Å². The number of aryl methyl sites for hydroxylation is 1. The van der Waals surface area contributed by atoms with Gasteiger partial charge >= 0.3 is 11.3 Å². The summed E-state index contributed by atoms with van der Waals surface area (Å²) in [5.74, 6) is -0.125. The van der Waals surface area contributed by atoms with Gasteiger partial charge in [0.1, 0.15) is 0 Å². The number of carbonyl (C=O) groups is 1. The molecule has 9 heteroatoms. The first-order chi connectivity index (χ1) is 14.3. The molecule has 1 aliphatic heterocycles. The predicted octanol–water partition coefficient (Wildman–Crippen LogP) is 4.34. The second-order valence-electron chi connectivity index (χ2n) is 7.27. The number of aromatic nitrogens is 2. The molecular formula is C21H22F3N4OS+. The number of carbonyl (C=O) groups excluding carboxylic acids is 1. The molecule has 2 heterocycles. The third-order valence-corrected chi connectivity index (χ3v) is 6.25. The van der Waals surface area contributed by atoms with Gasteiger partial charge in [0, 0.05) is 13.1 Å². The molecule has 1 aromatic heterocycles. The van der Waals surface area contributed by atoms with Gasteiger partial charge in [0.25, 0.3) is 0 Å². The number of aromatic amines is 1. The molecule has 158 valence electrons. The van der Waals surface area contributed by atoms with Crippen molar-refractivity contribution in [1.82, 2.24) is 4.98 Å². The SMILES string of the molecule is C[n+]1c(SCC(=O)Nc2ccc(C(F)(F)F)cc2N2CCCC2)[nH]c2ccccc21. The molecule has 1 saturated heterocycles. The van der Waals surface area contributed by atoms with Crippen LogP contribution in [0.5, 0.6) is 0 Å². The molecule has 0 spiro atoms. The second-order valence-corrected chi connectivity index (χ2v) is 8.23. The number of fused-ring (bicyclic) bond motifs is 1. The standard InChI is InChI=1S/C21H21F3N4OS/c1-27-17-7-3-2-6-15(17)26-20(27)30-13-19(29)25-16-9-8-14(21(22,23)24)12-18(16)28-10-4-5-11-28/h2-3,6-9,12H,4-5,10-11,13H2,1H3,(H,25,29)/p+1. The Balaban J connectivity index is 1.50. The third-order valence-electron chi connectivity index (χ3n) is 5.20. The fourth-order valence-corrected chi connectivity index (χ4v) is 4.48. The number of nitrogens with zero attached hydrogens (tertiary/aromatic N) is 2. The zero-order valence-electron chi connectivity index (χ0n) is 16.4. The molecule has 0 saturated carbocycles. The lowest BCUT2D eigenvalue weighted by Gasteiger charge is -2.23. The number of hydrogen-bond acceptors (Lipinski definition) is 3. The van der Waals surface area contributed by atoms with E-state index in [4.69, 9.17) is 0 Å². The van der Waals surface area contributed by atoms with E-state index in [0.29, 0.717) is 24.5 Å². The summed E-state index contributed by atoms with van der Waals surface area (Å²) >= 11 is 1.35. The maximum absolute atomic E-state index is 13.2. The van der Waals surface area contributed by atoms with Crippen molar-refractivity contribution in [2.45, 2.75) is 24.2 Å². The van der Waals surface area contributed by atoms with Crippen molar-refractivity contribution in [1.29, 1.82) is 0 Å². The number of hydrogen-bond donors (Lipinski definition) is 2. The van der Waals surface area contributed by atoms with Crippen LogP contribution in [0.3, 0.4) is 0 Å². The van der Waals surface area contributed by atoms with Crippen LogP contribution in [0.2, 0.25) is 0 Å². The van der Waals surface area contributed by atoms with Crippen LogP contribution in [0, 0.1) is 0 Å². The van der Waals surface area contributed by atoms with Gasteiger partial charge in [-0.2, -0.15) is 13.2 Å². The molecule has 0 atom stereocenters. The highest BCUT2D eigenvalue weighted by Crippen LogP contribution is 2.37. The zero-order chi connectivity index (χ0) is 21.3. The molecule has 5 nitrogen and oxygen atoms in total. The van der Waals surface area contributed by atoms with Crippen molar-refractivity contribution in [3.05, 3.63) is 48.0 Å². The number of alkyl halides is 3. The summed E-state index contributed by atoms with van der Waals surface area (Å²) in [6.07, 6.45) is -2.57. The number of H-pyrrole nitrogens is 1. The third kappa shape index (κ3) is 4.26. The van der Waals surface area contributed by atoms with E-state index in [1.807, 2.05) is 40.8 Å². The number of para-hydroxylation sites is 2. The minimum atomic E-state index is -4.42. The lowest BCUT2D eigenvalue weighted by Crippen LogP contribution is -2.29. The van der Waals surface area contributed by atoms with Crippen LogP contribution >= 0.6 is 11.8 Å². The van der Waals surface area contributed by atoms with E-state index in [-0.39, 0.29) is 11.7 Å². The normalized spacial score (nSPS) is 14.5. The molecule has 4 rings (SSSR count). The van der Waals surface area contributed by atoms with Crippen molar-refractivity contribution < 1.29 is 22.5 Å². The van der Waals surface area contributed by atoms with E-state index in [1.165, 1.54) is 17.8 Å². The summed E-state index contributed by atoms with van der Waals surface area (Å²) in [5.41, 5.74) is 2.14. The smallest absolute Gasteiger partial charge is 0.370 e. The Hall–Kier alpha value is -2.68. The number of anilines is 2. The topological polar surface area (TPSA) is 52.0 Å². The first kappa shape index (κ1) is 20.6. The van der Waals surface area contributed by atoms with Crippen molar-refractivity contribution >= 4 is 40.1 Å². The zero-order valence-corrected chi connectivity index (χ0v) is 17.2. The first-order valence-electron chi connectivity index (χ1n) is 9.68. The van der Waals surface area contributed by atoms with E-state index in [9.17, 15) is 18.0 Å². The Morgan fingerprint density at radius 2 is 1.93 bits per heavy atom. The molecule has 2 N–H and O–H groups in total. The van der Waals surface area contributed by atoms with Crippen LogP contribution in [0.25, 0.3) is 11.0 Å². The van der Waals surface area contributed by atoms with Gasteiger partial charge in [-0.1, -0.05) is 12.1 Å². The monoisotopic (exact) mass is 435 g/mol. The van der Waals surface area contributed by atoms with Gasteiger partial charge in [-0.3, -0.25) is 4.79 Å². The summed E-state index contributed by atoms with van der Waals surface area (Å²) < 4.78 is 41.5. The van der Waals surface area contributed by atoms with Crippen molar-refractivity contribution in [2.24, 2.45) is 7.05 Å². The van der Waals surface area contributed by atoms with Gasteiger partial charge in [-0.15, -0.1) is 0 Å². The predicted molar refractivity (Wildman–Crippen MR) is 112 cm³/mol. The first-order valence-corrected chi connectivity index (χ1v) is 10.7. The molecule has 1 amide bonds. The average Bonchev–Trinajstić information content (AvgIpc) is 3.35. The molecular weight excluding hydrogens is 413 g/mol. The second kappa shape index (κ2) is 8.22. The number of halogens is 3. The molecule has 0 aliphatic carbocycles. The molecule has 0 radical (unpaired) electrons. The number of rotatable bonds is 5. The highest BCUT2D eigenvalue weighted by molar-refractivity contribution is 7.99. The lowest BCUT2D eigenvalue weighted by molar-refractivity contribution is -0.683. The summed E-state index contributed by atoms with van der Waals surface area (Å²) in [4.78, 5) is 17.7. The van der Waals surface area contributed by atoms with Gasteiger partial charge in [0.2, 0.25) is 5.91 Å². The summed E-state index contributed by atoms with van der Waals surface area (Å²) in [5, 5.41) is 3.63. The van der Waals surface area contributed by atoms with Gasteiger partial charge in [-0.25, -0.2) is 9.55 Å². The number of thioether (sulfide) groups is 1. The fourth-order valence-electron chi connectivity index (χ4n) is 3.67. The van der Waals surface area contributed by atoms with Gasteiger partial charge < -0.3 is 10.2 Å². The molecule has 3 aromatic rings. The van der Waals surface area contributed by atoms with Gasteiger partial charge in [-0.05, 0) is 54.9 Å². The molecule has 2 aromatic carbocycles. The van der Waals surface area contributed by atoms with Crippen molar-refractivity contribution in [3.8, 4) is 0 Å². The van der Waals surface area contributed by atoms with Crippen LogP contribution in [0.15, 0.2) is 47.6 Å². The number of imidazole rings is 1. The van der Waals surface area contributed by atoms with E-state index >= 15 is 0 Å². The van der Waals surface area contributed by atoms with E-state index in [2.05, 4.69) is 10.3 Å². The number of amides is 1. The van der Waals surface area contributed by atoms with Gasteiger partial charge in [0.15, 0.2) is 11.0 Å². The minimum absolute atomic E-state index is 0.140. The van der Waals surface area contributed by atoms with E-state index in [1.54, 1.807) is 0 Å². The average molecular weight is 435 g/mol. The lowest BCUT2D eigenvalue weighted by atomic mass is 10.1. The highest BCUT2D eigenvalue weighted by atomic mass is 32.2. The Labute approximate surface area is 176 Å². The summed E-state index contributed by atoms with van der Waals surface area (Å²) in [6, 6.07) is 11.3. The van der Waals surface area contributed by atoms with E-state index < -0.39 is 11.7 Å². The van der Waals surface area contributed by atoms with Gasteiger partial charge in [0.05, 0.1) is 29.7 Å².